The van der Waals surface area contributed by atoms with Crippen molar-refractivity contribution in [2.75, 3.05) is 11.4 Å². The van der Waals surface area contributed by atoms with Gasteiger partial charge in [0.05, 0.1) is 24.7 Å². The first kappa shape index (κ1) is 23.3. The SMILES string of the molecule is Cc1ccc(C(C(=O)NC2CCCCC2)N(C(=O)CNC(=O)c2ccco2)c2cccnc2)o1. The quantitative estimate of drug-likeness (QED) is 0.527. The second-order valence-electron chi connectivity index (χ2n) is 8.33. The Morgan fingerprint density at radius 2 is 1.94 bits per heavy atom. The van der Waals surface area contributed by atoms with Gasteiger partial charge in [-0.05, 0) is 56.2 Å². The van der Waals surface area contributed by atoms with E-state index in [4.69, 9.17) is 8.83 Å². The highest BCUT2D eigenvalue weighted by Crippen LogP contribution is 2.29. The maximum atomic E-state index is 13.6. The molecular weight excluding hydrogens is 436 g/mol. The molecule has 0 aliphatic heterocycles. The van der Waals surface area contributed by atoms with Crippen LogP contribution >= 0.6 is 0 Å². The molecule has 3 aromatic heterocycles. The molecule has 178 valence electrons. The third-order valence-corrected chi connectivity index (χ3v) is 5.83. The van der Waals surface area contributed by atoms with Crippen molar-refractivity contribution in [2.45, 2.75) is 51.1 Å². The highest BCUT2D eigenvalue weighted by atomic mass is 16.3. The van der Waals surface area contributed by atoms with E-state index in [0.29, 0.717) is 17.2 Å². The van der Waals surface area contributed by atoms with Gasteiger partial charge < -0.3 is 19.5 Å². The molecule has 9 heteroatoms. The maximum absolute atomic E-state index is 13.6. The second kappa shape index (κ2) is 10.8. The van der Waals surface area contributed by atoms with E-state index in [-0.39, 0.29) is 24.3 Å². The number of furan rings is 2. The van der Waals surface area contributed by atoms with Gasteiger partial charge in [0.1, 0.15) is 11.5 Å². The molecule has 0 bridgehead atoms. The summed E-state index contributed by atoms with van der Waals surface area (Å²) in [5, 5.41) is 5.66. The van der Waals surface area contributed by atoms with Crippen LogP contribution < -0.4 is 15.5 Å². The molecule has 0 spiro atoms. The smallest absolute Gasteiger partial charge is 0.287 e. The molecule has 2 N–H and O–H groups in total. The van der Waals surface area contributed by atoms with Gasteiger partial charge in [0.15, 0.2) is 11.8 Å². The summed E-state index contributed by atoms with van der Waals surface area (Å²) < 4.78 is 10.9. The van der Waals surface area contributed by atoms with Crippen molar-refractivity contribution in [2.24, 2.45) is 0 Å². The van der Waals surface area contributed by atoms with Crippen LogP contribution in [-0.2, 0) is 9.59 Å². The van der Waals surface area contributed by atoms with Gasteiger partial charge in [-0.25, -0.2) is 0 Å². The van der Waals surface area contributed by atoms with Crippen molar-refractivity contribution in [1.82, 2.24) is 15.6 Å². The molecule has 0 aromatic carbocycles. The minimum absolute atomic E-state index is 0.0457. The Morgan fingerprint density at radius 1 is 1.12 bits per heavy atom. The Kier molecular flexibility index (Phi) is 7.41. The molecule has 3 amide bonds. The van der Waals surface area contributed by atoms with Crippen LogP contribution in [0.3, 0.4) is 0 Å². The number of aryl methyl sites for hydroxylation is 1. The van der Waals surface area contributed by atoms with Crippen LogP contribution in [0.2, 0.25) is 0 Å². The van der Waals surface area contributed by atoms with Crippen molar-refractivity contribution in [3.8, 4) is 0 Å². The lowest BCUT2D eigenvalue weighted by Crippen LogP contribution is -2.49. The summed E-state index contributed by atoms with van der Waals surface area (Å²) in [5.41, 5.74) is 0.414. The van der Waals surface area contributed by atoms with E-state index in [9.17, 15) is 14.4 Å². The number of hydrogen-bond donors (Lipinski definition) is 2. The van der Waals surface area contributed by atoms with Crippen LogP contribution in [0.5, 0.6) is 0 Å². The fourth-order valence-corrected chi connectivity index (χ4v) is 4.17. The van der Waals surface area contributed by atoms with E-state index in [0.717, 1.165) is 32.1 Å². The lowest BCUT2D eigenvalue weighted by molar-refractivity contribution is -0.127. The Balaban J connectivity index is 1.62. The van der Waals surface area contributed by atoms with Gasteiger partial charge in [0, 0.05) is 12.2 Å². The Hall–Kier alpha value is -3.88. The number of carbonyl (C=O) groups excluding carboxylic acids is 3. The van der Waals surface area contributed by atoms with Crippen LogP contribution in [0.25, 0.3) is 0 Å². The van der Waals surface area contributed by atoms with Crippen LogP contribution in [0.15, 0.2) is 63.9 Å². The normalized spacial score (nSPS) is 14.9. The van der Waals surface area contributed by atoms with E-state index < -0.39 is 17.9 Å². The number of pyridine rings is 1. The fourth-order valence-electron chi connectivity index (χ4n) is 4.17. The van der Waals surface area contributed by atoms with Crippen molar-refractivity contribution >= 4 is 23.4 Å². The summed E-state index contributed by atoms with van der Waals surface area (Å²) in [6, 6.07) is 8.89. The molecule has 1 aliphatic rings. The molecule has 9 nitrogen and oxygen atoms in total. The zero-order chi connectivity index (χ0) is 23.9. The predicted molar refractivity (Wildman–Crippen MR) is 124 cm³/mol. The molecule has 1 atom stereocenters. The molecule has 4 rings (SSSR count). The predicted octanol–water partition coefficient (Wildman–Crippen LogP) is 3.53. The summed E-state index contributed by atoms with van der Waals surface area (Å²) in [7, 11) is 0. The number of nitrogens with zero attached hydrogens (tertiary/aromatic N) is 2. The van der Waals surface area contributed by atoms with Crippen LogP contribution in [0.1, 0.15) is 60.2 Å². The number of anilines is 1. The summed E-state index contributed by atoms with van der Waals surface area (Å²) in [6.07, 6.45) is 9.53. The van der Waals surface area contributed by atoms with Crippen molar-refractivity contribution in [3.05, 3.63) is 72.3 Å². The third-order valence-electron chi connectivity index (χ3n) is 5.83. The largest absolute Gasteiger partial charge is 0.464 e. The van der Waals surface area contributed by atoms with Crippen molar-refractivity contribution in [1.29, 1.82) is 0 Å². The summed E-state index contributed by atoms with van der Waals surface area (Å²) in [6.45, 7) is 1.43. The molecule has 1 unspecified atom stereocenters. The van der Waals surface area contributed by atoms with E-state index in [1.165, 1.54) is 23.4 Å². The van der Waals surface area contributed by atoms with Gasteiger partial charge in [-0.1, -0.05) is 19.3 Å². The Morgan fingerprint density at radius 3 is 2.59 bits per heavy atom. The maximum Gasteiger partial charge on any atom is 0.287 e. The summed E-state index contributed by atoms with van der Waals surface area (Å²) >= 11 is 0. The molecule has 0 radical (unpaired) electrons. The van der Waals surface area contributed by atoms with E-state index in [1.54, 1.807) is 43.5 Å². The number of rotatable bonds is 8. The summed E-state index contributed by atoms with van der Waals surface area (Å²) in [4.78, 5) is 44.8. The standard InChI is InChI=1S/C25H28N4O5/c1-17-11-12-20(34-17)23(25(32)28-18-7-3-2-4-8-18)29(19-9-5-13-26-15-19)22(30)16-27-24(31)21-10-6-14-33-21/h5-6,9-15,18,23H,2-4,7-8,16H2,1H3,(H,27,31)(H,28,32). The van der Waals surface area contributed by atoms with Gasteiger partial charge in [-0.2, -0.15) is 0 Å². The number of amides is 3. The zero-order valence-corrected chi connectivity index (χ0v) is 19.0. The first-order valence-electron chi connectivity index (χ1n) is 11.4. The highest BCUT2D eigenvalue weighted by Gasteiger charge is 2.36. The van der Waals surface area contributed by atoms with Gasteiger partial charge in [0.25, 0.3) is 11.8 Å². The average molecular weight is 465 g/mol. The van der Waals surface area contributed by atoms with E-state index in [1.807, 2.05) is 0 Å². The summed E-state index contributed by atoms with van der Waals surface area (Å²) in [5.74, 6) is -0.312. The molecule has 3 aromatic rings. The third kappa shape index (κ3) is 5.54. The van der Waals surface area contributed by atoms with Gasteiger partial charge in [0.2, 0.25) is 5.91 Å². The lowest BCUT2D eigenvalue weighted by atomic mass is 9.95. The number of carbonyl (C=O) groups is 3. The minimum atomic E-state index is -1.06. The molecule has 34 heavy (non-hydrogen) atoms. The average Bonchev–Trinajstić information content (AvgIpc) is 3.54. The Bertz CT molecular complexity index is 1100. The second-order valence-corrected chi connectivity index (χ2v) is 8.33. The molecular formula is C25H28N4O5. The molecule has 1 saturated carbocycles. The van der Waals surface area contributed by atoms with E-state index in [2.05, 4.69) is 15.6 Å². The van der Waals surface area contributed by atoms with Crippen LogP contribution in [0, 0.1) is 6.92 Å². The van der Waals surface area contributed by atoms with Crippen LogP contribution in [-0.4, -0.2) is 35.3 Å². The number of hydrogen-bond acceptors (Lipinski definition) is 6. The monoisotopic (exact) mass is 464 g/mol. The fraction of sp³-hybridized carbons (Fsp3) is 0.360. The highest BCUT2D eigenvalue weighted by molar-refractivity contribution is 6.03. The first-order valence-corrected chi connectivity index (χ1v) is 11.4. The minimum Gasteiger partial charge on any atom is -0.464 e. The number of aromatic nitrogens is 1. The molecule has 1 fully saturated rings. The van der Waals surface area contributed by atoms with Crippen LogP contribution in [0.4, 0.5) is 5.69 Å². The lowest BCUT2D eigenvalue weighted by Gasteiger charge is -2.32. The van der Waals surface area contributed by atoms with Gasteiger partial charge in [-0.15, -0.1) is 0 Å². The van der Waals surface area contributed by atoms with Crippen molar-refractivity contribution in [3.63, 3.8) is 0 Å². The molecule has 1 aliphatic carbocycles. The van der Waals surface area contributed by atoms with Crippen molar-refractivity contribution < 1.29 is 23.2 Å². The molecule has 3 heterocycles. The zero-order valence-electron chi connectivity index (χ0n) is 19.0. The topological polar surface area (TPSA) is 118 Å². The van der Waals surface area contributed by atoms with Gasteiger partial charge >= 0.3 is 0 Å². The van der Waals surface area contributed by atoms with E-state index >= 15 is 0 Å². The number of nitrogens with one attached hydrogen (secondary N) is 2. The Labute approximate surface area is 197 Å². The molecule has 0 saturated heterocycles. The van der Waals surface area contributed by atoms with Gasteiger partial charge in [-0.3, -0.25) is 24.3 Å². The first-order chi connectivity index (χ1) is 16.5.